The van der Waals surface area contributed by atoms with Gasteiger partial charge < -0.3 is 9.80 Å². The van der Waals surface area contributed by atoms with Gasteiger partial charge in [-0.25, -0.2) is 4.98 Å². The molecule has 2 aromatic carbocycles. The highest BCUT2D eigenvalue weighted by molar-refractivity contribution is 6.21. The maximum Gasteiger partial charge on any atom is 0.417 e. The van der Waals surface area contributed by atoms with Gasteiger partial charge in [-0.3, -0.25) is 14.5 Å². The summed E-state index contributed by atoms with van der Waals surface area (Å²) < 4.78 is 124. The molecule has 1 aliphatic heterocycles. The zero-order valence-corrected chi connectivity index (χ0v) is 30.2. The summed E-state index contributed by atoms with van der Waals surface area (Å²) in [7, 11) is 1.37. The Balaban J connectivity index is 1.21. The predicted octanol–water partition coefficient (Wildman–Crippen LogP) is 8.19. The lowest BCUT2D eigenvalue weighted by Crippen LogP contribution is -2.35. The van der Waals surface area contributed by atoms with Gasteiger partial charge in [-0.05, 0) is 85.2 Å². The normalized spacial score (nSPS) is 17.7. The number of aryl methyl sites for hydroxylation is 1. The molecule has 6 rings (SSSR count). The number of rotatable bonds is 12. The fraction of sp³-hybridized carbons (Fsp3) is 0.459. The molecule has 0 unspecified atom stereocenters. The summed E-state index contributed by atoms with van der Waals surface area (Å²) >= 11 is 0. The molecule has 1 saturated carbocycles. The average Bonchev–Trinajstić information content (AvgIpc) is 3.68. The van der Waals surface area contributed by atoms with E-state index in [-0.39, 0.29) is 53.6 Å². The number of tetrazole rings is 1. The van der Waals surface area contributed by atoms with Crippen LogP contribution in [0.1, 0.15) is 87.6 Å². The van der Waals surface area contributed by atoms with E-state index in [0.717, 1.165) is 41.4 Å². The van der Waals surface area contributed by atoms with Crippen molar-refractivity contribution in [2.45, 2.75) is 70.6 Å². The maximum atomic E-state index is 14.0. The molecule has 0 bridgehead atoms. The summed E-state index contributed by atoms with van der Waals surface area (Å²) in [5.41, 5.74) is -3.87. The molecule has 0 spiro atoms. The van der Waals surface area contributed by atoms with Crippen molar-refractivity contribution in [1.29, 1.82) is 0 Å². The fourth-order valence-electron chi connectivity index (χ4n) is 7.33. The van der Waals surface area contributed by atoms with Gasteiger partial charge in [0.1, 0.15) is 5.82 Å². The number of carbonyl (C=O) groups is 2. The molecule has 19 heteroatoms. The first-order valence-electron chi connectivity index (χ1n) is 17.9. The minimum atomic E-state index is -5.12. The van der Waals surface area contributed by atoms with Crippen molar-refractivity contribution in [3.8, 4) is 0 Å². The van der Waals surface area contributed by atoms with Gasteiger partial charge in [0.05, 0.1) is 34.9 Å². The number of imide groups is 1. The average molecular weight is 797 g/mol. The van der Waals surface area contributed by atoms with Crippen molar-refractivity contribution in [3.63, 3.8) is 0 Å². The molecule has 4 aromatic rings. The quantitative estimate of drug-likeness (QED) is 0.105. The van der Waals surface area contributed by atoms with Crippen molar-refractivity contribution in [2.75, 3.05) is 29.4 Å². The van der Waals surface area contributed by atoms with E-state index in [1.165, 1.54) is 11.9 Å². The highest BCUT2D eigenvalue weighted by atomic mass is 19.4. The van der Waals surface area contributed by atoms with Gasteiger partial charge in [0.25, 0.3) is 17.8 Å². The topological polar surface area (TPSA) is 100 Å². The van der Waals surface area contributed by atoms with Crippen LogP contribution in [0.4, 0.5) is 51.3 Å². The number of pyridine rings is 1. The highest BCUT2D eigenvalue weighted by Gasteiger charge is 2.39. The number of hydrogen-bond acceptors (Lipinski definition) is 8. The van der Waals surface area contributed by atoms with Crippen LogP contribution in [0.3, 0.4) is 0 Å². The maximum absolute atomic E-state index is 14.0. The van der Waals surface area contributed by atoms with Gasteiger partial charge in [0.2, 0.25) is 0 Å². The van der Waals surface area contributed by atoms with Crippen LogP contribution in [0.25, 0.3) is 0 Å². The van der Waals surface area contributed by atoms with Gasteiger partial charge >= 0.3 is 18.5 Å². The number of aromatic nitrogens is 5. The van der Waals surface area contributed by atoms with Gasteiger partial charge in [-0.2, -0.15) is 44.3 Å². The van der Waals surface area contributed by atoms with Crippen LogP contribution < -0.4 is 9.80 Å². The van der Waals surface area contributed by atoms with E-state index < -0.39 is 53.9 Å². The zero-order valence-electron chi connectivity index (χ0n) is 30.2. The van der Waals surface area contributed by atoms with Gasteiger partial charge in [0.15, 0.2) is 0 Å². The van der Waals surface area contributed by atoms with Gasteiger partial charge in [-0.15, -0.1) is 5.10 Å². The molecule has 56 heavy (non-hydrogen) atoms. The Bertz CT molecular complexity index is 1990. The Morgan fingerprint density at radius 3 is 1.84 bits per heavy atom. The molecular weight excluding hydrogens is 759 g/mol. The first-order valence-corrected chi connectivity index (χ1v) is 17.9. The van der Waals surface area contributed by atoms with E-state index >= 15 is 0 Å². The van der Waals surface area contributed by atoms with Crippen molar-refractivity contribution < 1.29 is 49.1 Å². The summed E-state index contributed by atoms with van der Waals surface area (Å²) in [5, 5.41) is 11.6. The van der Waals surface area contributed by atoms with Crippen LogP contribution in [0.5, 0.6) is 0 Å². The number of halogens is 9. The number of alkyl halides is 9. The number of benzene rings is 2. The minimum absolute atomic E-state index is 0.00761. The van der Waals surface area contributed by atoms with E-state index in [4.69, 9.17) is 0 Å². The number of amides is 2. The van der Waals surface area contributed by atoms with E-state index in [9.17, 15) is 49.1 Å². The highest BCUT2D eigenvalue weighted by Crippen LogP contribution is 2.39. The second-order valence-electron chi connectivity index (χ2n) is 14.1. The Kier molecular flexibility index (Phi) is 11.4. The van der Waals surface area contributed by atoms with E-state index in [1.54, 1.807) is 36.1 Å². The SMILES string of the molecule is CCN(CC1CCC(CCN2C(=O)c3ccccc3C2=O)CC1)c1ncc(C(F)(F)F)cc1CN(Cc1cc(C(F)(F)F)cc(C(F)(F)F)c1)c1nnn(C)n1. The van der Waals surface area contributed by atoms with Crippen LogP contribution in [0.2, 0.25) is 0 Å². The van der Waals surface area contributed by atoms with Crippen molar-refractivity contribution >= 4 is 23.6 Å². The molecule has 10 nitrogen and oxygen atoms in total. The Morgan fingerprint density at radius 2 is 1.32 bits per heavy atom. The first-order chi connectivity index (χ1) is 26.3. The minimum Gasteiger partial charge on any atom is -0.356 e. The van der Waals surface area contributed by atoms with E-state index in [1.807, 2.05) is 0 Å². The summed E-state index contributed by atoms with van der Waals surface area (Å²) in [4.78, 5) is 35.0. The largest absolute Gasteiger partial charge is 0.417 e. The van der Waals surface area contributed by atoms with Crippen LogP contribution in [-0.4, -0.2) is 61.5 Å². The van der Waals surface area contributed by atoms with Crippen LogP contribution in [0.15, 0.2) is 54.7 Å². The molecule has 0 radical (unpaired) electrons. The molecule has 2 aliphatic rings. The van der Waals surface area contributed by atoms with Crippen molar-refractivity contribution in [3.05, 3.63) is 93.7 Å². The van der Waals surface area contributed by atoms with Crippen LogP contribution in [-0.2, 0) is 38.7 Å². The molecule has 300 valence electrons. The Labute approximate surface area is 315 Å². The number of hydrogen-bond donors (Lipinski definition) is 0. The molecule has 2 amide bonds. The monoisotopic (exact) mass is 796 g/mol. The molecule has 1 aliphatic carbocycles. The van der Waals surface area contributed by atoms with Crippen LogP contribution >= 0.6 is 0 Å². The Morgan fingerprint density at radius 1 is 0.750 bits per heavy atom. The molecule has 2 aromatic heterocycles. The lowest BCUT2D eigenvalue weighted by Gasteiger charge is -2.34. The second-order valence-corrected chi connectivity index (χ2v) is 14.1. The molecule has 3 heterocycles. The smallest absolute Gasteiger partial charge is 0.356 e. The summed E-state index contributed by atoms with van der Waals surface area (Å²) in [6, 6.07) is 8.60. The van der Waals surface area contributed by atoms with Crippen LogP contribution in [0, 0.1) is 11.8 Å². The number of carbonyl (C=O) groups excluding carboxylic acids is 2. The molecule has 1 fully saturated rings. The third-order valence-electron chi connectivity index (χ3n) is 10.2. The summed E-state index contributed by atoms with van der Waals surface area (Å²) in [6.07, 6.45) is -10.7. The van der Waals surface area contributed by atoms with Crippen molar-refractivity contribution in [2.24, 2.45) is 18.9 Å². The van der Waals surface area contributed by atoms with Gasteiger partial charge in [-0.1, -0.05) is 30.1 Å². The summed E-state index contributed by atoms with van der Waals surface area (Å²) in [6.45, 7) is 1.68. The number of nitrogens with zero attached hydrogens (tertiary/aromatic N) is 8. The number of fused-ring (bicyclic) bond motifs is 1. The second kappa shape index (κ2) is 15.7. The van der Waals surface area contributed by atoms with Crippen molar-refractivity contribution in [1.82, 2.24) is 30.1 Å². The lowest BCUT2D eigenvalue weighted by atomic mass is 9.80. The zero-order chi connectivity index (χ0) is 40.6. The Hall–Kier alpha value is -5.23. The lowest BCUT2D eigenvalue weighted by molar-refractivity contribution is -0.143. The first kappa shape index (κ1) is 40.4. The molecular formula is C37H37F9N8O2. The molecule has 0 saturated heterocycles. The summed E-state index contributed by atoms with van der Waals surface area (Å²) in [5.74, 6) is -0.371. The third-order valence-corrected chi connectivity index (χ3v) is 10.2. The molecule has 0 N–H and O–H groups in total. The standard InChI is InChI=1S/C37H37F9N8O2/c1-3-52(19-23-10-8-22(9-11-23)12-13-54-32(55)29-6-4-5-7-30(29)33(54)56)31-25(16-28(18-47-31)37(44,45)46)21-53(34-48-50-51(2)49-34)20-24-14-26(35(38,39)40)17-27(15-24)36(41,42)43/h4-7,14-18,22-23H,3,8-13,19-21H2,1-2H3. The van der Waals surface area contributed by atoms with E-state index in [2.05, 4.69) is 20.4 Å². The predicted molar refractivity (Wildman–Crippen MR) is 184 cm³/mol. The third kappa shape index (κ3) is 9.07. The van der Waals surface area contributed by atoms with E-state index in [0.29, 0.717) is 49.0 Å². The molecule has 0 atom stereocenters. The number of anilines is 2. The fourth-order valence-corrected chi connectivity index (χ4v) is 7.33. The van der Waals surface area contributed by atoms with Gasteiger partial charge in [0, 0.05) is 44.5 Å².